The molecule has 0 radical (unpaired) electrons. The van der Waals surface area contributed by atoms with Gasteiger partial charge in [0.1, 0.15) is 5.56 Å². The molecule has 0 bridgehead atoms. The second-order valence-corrected chi connectivity index (χ2v) is 6.09. The highest BCUT2D eigenvalue weighted by Crippen LogP contribution is 2.09. The van der Waals surface area contributed by atoms with Crippen LogP contribution in [0.1, 0.15) is 10.4 Å². The summed E-state index contributed by atoms with van der Waals surface area (Å²) in [5.74, 6) is 0.319. The fraction of sp³-hybridized carbons (Fsp3) is 0.294. The highest BCUT2D eigenvalue weighted by Gasteiger charge is 2.24. The molecule has 1 amide bonds. The smallest absolute Gasteiger partial charge is 0.286 e. The summed E-state index contributed by atoms with van der Waals surface area (Å²) >= 11 is 0. The Bertz CT molecular complexity index is 970. The minimum Gasteiger partial charge on any atom is -0.336 e. The first-order chi connectivity index (χ1) is 12.1. The van der Waals surface area contributed by atoms with Gasteiger partial charge in [0.05, 0.1) is 0 Å². The SMILES string of the molecule is CN1CCN(C(=O)c2cnc3ccn(-c4ccccn4)n3c2=O)CC1. The van der Waals surface area contributed by atoms with Crippen LogP contribution < -0.4 is 5.56 Å². The van der Waals surface area contributed by atoms with Gasteiger partial charge in [-0.25, -0.2) is 14.6 Å². The Kier molecular flexibility index (Phi) is 3.81. The zero-order valence-corrected chi connectivity index (χ0v) is 13.9. The number of aromatic nitrogens is 4. The molecule has 0 aromatic carbocycles. The van der Waals surface area contributed by atoms with E-state index >= 15 is 0 Å². The highest BCUT2D eigenvalue weighted by atomic mass is 16.2. The number of piperazine rings is 1. The molecule has 25 heavy (non-hydrogen) atoms. The molecule has 8 nitrogen and oxygen atoms in total. The molecule has 1 aliphatic rings. The van der Waals surface area contributed by atoms with Crippen molar-refractivity contribution in [3.8, 4) is 5.82 Å². The lowest BCUT2D eigenvalue weighted by atomic mass is 10.2. The van der Waals surface area contributed by atoms with Gasteiger partial charge in [-0.3, -0.25) is 9.59 Å². The first-order valence-corrected chi connectivity index (χ1v) is 8.14. The van der Waals surface area contributed by atoms with Crippen molar-refractivity contribution in [1.29, 1.82) is 0 Å². The van der Waals surface area contributed by atoms with E-state index in [0.29, 0.717) is 24.6 Å². The van der Waals surface area contributed by atoms with Crippen molar-refractivity contribution < 1.29 is 4.79 Å². The van der Waals surface area contributed by atoms with Gasteiger partial charge in [-0.15, -0.1) is 0 Å². The summed E-state index contributed by atoms with van der Waals surface area (Å²) in [6, 6.07) is 7.16. The molecule has 0 saturated carbocycles. The lowest BCUT2D eigenvalue weighted by Crippen LogP contribution is -2.48. The molecule has 1 saturated heterocycles. The first-order valence-electron chi connectivity index (χ1n) is 8.14. The molecule has 0 unspecified atom stereocenters. The van der Waals surface area contributed by atoms with Crippen LogP contribution >= 0.6 is 0 Å². The van der Waals surface area contributed by atoms with Gasteiger partial charge in [-0.2, -0.15) is 4.52 Å². The molecule has 3 aromatic rings. The number of likely N-dealkylation sites (N-methyl/N-ethyl adjacent to an activating group) is 1. The molecule has 0 N–H and O–H groups in total. The van der Waals surface area contributed by atoms with Gasteiger partial charge in [-0.05, 0) is 19.2 Å². The van der Waals surface area contributed by atoms with E-state index in [-0.39, 0.29) is 17.0 Å². The maximum absolute atomic E-state index is 12.9. The summed E-state index contributed by atoms with van der Waals surface area (Å²) in [5.41, 5.74) is 0.174. The van der Waals surface area contributed by atoms with Gasteiger partial charge in [-0.1, -0.05) is 6.07 Å². The van der Waals surface area contributed by atoms with Crippen LogP contribution in [0.2, 0.25) is 0 Å². The van der Waals surface area contributed by atoms with E-state index in [1.165, 1.54) is 10.7 Å². The Labute approximate surface area is 143 Å². The summed E-state index contributed by atoms with van der Waals surface area (Å²) < 4.78 is 2.98. The van der Waals surface area contributed by atoms with Crippen molar-refractivity contribution >= 4 is 11.6 Å². The zero-order chi connectivity index (χ0) is 17.4. The van der Waals surface area contributed by atoms with Crippen molar-refractivity contribution in [1.82, 2.24) is 29.0 Å². The molecule has 3 aromatic heterocycles. The molecule has 128 valence electrons. The van der Waals surface area contributed by atoms with Crippen LogP contribution in [0, 0.1) is 0 Å². The number of amides is 1. The number of carbonyl (C=O) groups excluding carboxylic acids is 1. The van der Waals surface area contributed by atoms with Gasteiger partial charge in [0.25, 0.3) is 11.5 Å². The van der Waals surface area contributed by atoms with Gasteiger partial charge in [0, 0.05) is 50.8 Å². The van der Waals surface area contributed by atoms with Crippen LogP contribution in [-0.4, -0.2) is 68.1 Å². The molecule has 1 fully saturated rings. The highest BCUT2D eigenvalue weighted by molar-refractivity contribution is 5.93. The van der Waals surface area contributed by atoms with Crippen molar-refractivity contribution in [3.05, 3.63) is 58.8 Å². The van der Waals surface area contributed by atoms with E-state index in [2.05, 4.69) is 14.9 Å². The van der Waals surface area contributed by atoms with E-state index < -0.39 is 0 Å². The van der Waals surface area contributed by atoms with Crippen LogP contribution in [0.5, 0.6) is 0 Å². The molecule has 8 heteroatoms. The van der Waals surface area contributed by atoms with Crippen LogP contribution in [0.15, 0.2) is 47.7 Å². The minimum absolute atomic E-state index is 0.0814. The number of fused-ring (bicyclic) bond motifs is 1. The standard InChI is InChI=1S/C17H18N6O2/c1-20-8-10-21(11-9-20)16(24)13-12-19-15-5-7-22(23(15)17(13)25)14-4-2-3-6-18-14/h2-7,12H,8-11H2,1H3. The molecule has 0 spiro atoms. The topological polar surface area (TPSA) is 75.7 Å². The number of carbonyl (C=O) groups is 1. The van der Waals surface area contributed by atoms with E-state index in [4.69, 9.17) is 0 Å². The van der Waals surface area contributed by atoms with Crippen molar-refractivity contribution in [2.75, 3.05) is 33.2 Å². The fourth-order valence-electron chi connectivity index (χ4n) is 2.98. The molecule has 0 aliphatic carbocycles. The Balaban J connectivity index is 1.77. The number of rotatable bonds is 2. The molecule has 0 atom stereocenters. The van der Waals surface area contributed by atoms with Gasteiger partial charge >= 0.3 is 0 Å². The van der Waals surface area contributed by atoms with E-state index in [0.717, 1.165) is 13.1 Å². The zero-order valence-electron chi connectivity index (χ0n) is 13.9. The lowest BCUT2D eigenvalue weighted by molar-refractivity contribution is 0.0661. The third-order valence-corrected chi connectivity index (χ3v) is 4.45. The first kappa shape index (κ1) is 15.5. The average Bonchev–Trinajstić information content (AvgIpc) is 3.08. The monoisotopic (exact) mass is 338 g/mol. The number of hydrogen-bond donors (Lipinski definition) is 0. The van der Waals surface area contributed by atoms with Crippen molar-refractivity contribution in [2.45, 2.75) is 0 Å². The molecule has 4 rings (SSSR count). The third kappa shape index (κ3) is 2.70. The maximum Gasteiger partial charge on any atom is 0.286 e. The Morgan fingerprint density at radius 2 is 1.88 bits per heavy atom. The molecule has 4 heterocycles. The molecular weight excluding hydrogens is 320 g/mol. The van der Waals surface area contributed by atoms with Crippen LogP contribution in [0.3, 0.4) is 0 Å². The fourth-order valence-corrected chi connectivity index (χ4v) is 2.98. The summed E-state index contributed by atoms with van der Waals surface area (Å²) in [5, 5.41) is 0. The summed E-state index contributed by atoms with van der Waals surface area (Å²) in [6.45, 7) is 2.82. The molecule has 1 aliphatic heterocycles. The second kappa shape index (κ2) is 6.14. The Hall–Kier alpha value is -3.00. The van der Waals surface area contributed by atoms with Crippen molar-refractivity contribution in [2.24, 2.45) is 0 Å². The largest absolute Gasteiger partial charge is 0.336 e. The van der Waals surface area contributed by atoms with Gasteiger partial charge < -0.3 is 9.80 Å². The minimum atomic E-state index is -0.385. The predicted octanol–water partition coefficient (Wildman–Crippen LogP) is 0.268. The predicted molar refractivity (Wildman–Crippen MR) is 92.0 cm³/mol. The normalized spacial score (nSPS) is 15.6. The van der Waals surface area contributed by atoms with E-state index in [1.807, 2.05) is 13.1 Å². The van der Waals surface area contributed by atoms with Crippen LogP contribution in [0.25, 0.3) is 11.5 Å². The van der Waals surface area contributed by atoms with E-state index in [9.17, 15) is 9.59 Å². The average molecular weight is 338 g/mol. The second-order valence-electron chi connectivity index (χ2n) is 6.09. The van der Waals surface area contributed by atoms with E-state index in [1.54, 1.807) is 40.2 Å². The Morgan fingerprint density at radius 1 is 1.08 bits per heavy atom. The number of nitrogens with zero attached hydrogens (tertiary/aromatic N) is 6. The van der Waals surface area contributed by atoms with Gasteiger partial charge in [0.15, 0.2) is 11.5 Å². The number of pyridine rings is 1. The van der Waals surface area contributed by atoms with Crippen molar-refractivity contribution in [3.63, 3.8) is 0 Å². The van der Waals surface area contributed by atoms with Crippen LogP contribution in [0.4, 0.5) is 0 Å². The summed E-state index contributed by atoms with van der Waals surface area (Å²) in [7, 11) is 2.02. The quantitative estimate of drug-likeness (QED) is 0.670. The maximum atomic E-state index is 12.9. The van der Waals surface area contributed by atoms with Crippen LogP contribution in [-0.2, 0) is 0 Å². The molecular formula is C17H18N6O2. The third-order valence-electron chi connectivity index (χ3n) is 4.45. The van der Waals surface area contributed by atoms with Gasteiger partial charge in [0.2, 0.25) is 0 Å². The Morgan fingerprint density at radius 3 is 2.60 bits per heavy atom. The lowest BCUT2D eigenvalue weighted by Gasteiger charge is -2.32. The summed E-state index contributed by atoms with van der Waals surface area (Å²) in [4.78, 5) is 38.1. The summed E-state index contributed by atoms with van der Waals surface area (Å²) in [6.07, 6.45) is 4.75. The number of hydrogen-bond acceptors (Lipinski definition) is 5.